The van der Waals surface area contributed by atoms with E-state index < -0.39 is 0 Å². The summed E-state index contributed by atoms with van der Waals surface area (Å²) < 4.78 is 5.43. The molecule has 0 unspecified atom stereocenters. The number of nitrogens with zero attached hydrogens (tertiary/aromatic N) is 5. The van der Waals surface area contributed by atoms with Crippen molar-refractivity contribution in [2.24, 2.45) is 4.99 Å². The molecule has 8 heteroatoms. The summed E-state index contributed by atoms with van der Waals surface area (Å²) in [7, 11) is 5.40. The van der Waals surface area contributed by atoms with Gasteiger partial charge in [0.15, 0.2) is 5.96 Å². The lowest BCUT2D eigenvalue weighted by atomic mass is 10.2. The number of nitrogens with one attached hydrogen (secondary N) is 1. The van der Waals surface area contributed by atoms with Gasteiger partial charge in [-0.15, -0.1) is 0 Å². The molecule has 2 aromatic rings. The highest BCUT2D eigenvalue weighted by Crippen LogP contribution is 2.18. The number of methoxy groups -OCH3 is 1. The topological polar surface area (TPSA) is 73.3 Å². The van der Waals surface area contributed by atoms with E-state index in [2.05, 4.69) is 20.2 Å². The highest BCUT2D eigenvalue weighted by molar-refractivity contribution is 5.81. The fourth-order valence-corrected chi connectivity index (χ4v) is 3.71. The Morgan fingerprint density at radius 1 is 1.16 bits per heavy atom. The molecular weight excluding hydrogens is 392 g/mol. The van der Waals surface area contributed by atoms with Crippen LogP contribution in [0.25, 0.3) is 0 Å². The number of benzene rings is 1. The third-order valence-corrected chi connectivity index (χ3v) is 5.40. The first-order chi connectivity index (χ1) is 15.1. The molecule has 166 valence electrons. The largest absolute Gasteiger partial charge is 0.496 e. The number of aromatic nitrogens is 1. The molecule has 0 radical (unpaired) electrons. The van der Waals surface area contributed by atoms with Crippen molar-refractivity contribution >= 4 is 17.7 Å². The van der Waals surface area contributed by atoms with E-state index in [1.54, 1.807) is 20.4 Å². The molecule has 8 nitrogen and oxygen atoms in total. The molecule has 1 saturated heterocycles. The lowest BCUT2D eigenvalue weighted by Gasteiger charge is -2.35. The van der Waals surface area contributed by atoms with Gasteiger partial charge in [-0.2, -0.15) is 0 Å². The lowest BCUT2D eigenvalue weighted by molar-refractivity contribution is -0.131. The monoisotopic (exact) mass is 424 g/mol. The van der Waals surface area contributed by atoms with Gasteiger partial charge < -0.3 is 24.8 Å². The third-order valence-electron chi connectivity index (χ3n) is 5.40. The normalized spacial score (nSPS) is 14.4. The van der Waals surface area contributed by atoms with Gasteiger partial charge in [-0.3, -0.25) is 9.79 Å². The van der Waals surface area contributed by atoms with Crippen molar-refractivity contribution in [1.29, 1.82) is 0 Å². The Balaban J connectivity index is 1.43. The van der Waals surface area contributed by atoms with Crippen molar-refractivity contribution in [3.05, 3.63) is 54.2 Å². The van der Waals surface area contributed by atoms with Crippen LogP contribution in [-0.4, -0.2) is 80.6 Å². The zero-order valence-corrected chi connectivity index (χ0v) is 18.6. The van der Waals surface area contributed by atoms with Crippen LogP contribution in [0.5, 0.6) is 5.75 Å². The number of piperazine rings is 1. The molecule has 0 aliphatic carbocycles. The molecule has 0 saturated carbocycles. The van der Waals surface area contributed by atoms with Crippen molar-refractivity contribution < 1.29 is 9.53 Å². The fraction of sp³-hybridized carbons (Fsp3) is 0.435. The van der Waals surface area contributed by atoms with E-state index in [0.717, 1.165) is 49.3 Å². The summed E-state index contributed by atoms with van der Waals surface area (Å²) in [5, 5.41) is 3.30. The van der Waals surface area contributed by atoms with Gasteiger partial charge in [0.05, 0.1) is 7.11 Å². The van der Waals surface area contributed by atoms with Crippen molar-refractivity contribution in [1.82, 2.24) is 20.1 Å². The second kappa shape index (κ2) is 11.2. The number of para-hydroxylation sites is 1. The third kappa shape index (κ3) is 6.10. The number of ether oxygens (including phenoxy) is 1. The standard InChI is InChI=1S/C23H32N6O2/c1-24-23(27(2)18-19-8-4-5-9-20(19)31-3)26-13-11-22(30)29-16-14-28(15-17-29)21-10-6-7-12-25-21/h4-10,12H,11,13-18H2,1-3H3,(H,24,26). The van der Waals surface area contributed by atoms with Crippen LogP contribution in [-0.2, 0) is 11.3 Å². The quantitative estimate of drug-likeness (QED) is 0.540. The maximum absolute atomic E-state index is 12.6. The molecule has 1 N–H and O–H groups in total. The summed E-state index contributed by atoms with van der Waals surface area (Å²) in [5.74, 6) is 2.73. The van der Waals surface area contributed by atoms with Crippen molar-refractivity contribution in [2.45, 2.75) is 13.0 Å². The minimum absolute atomic E-state index is 0.163. The second-order valence-corrected chi connectivity index (χ2v) is 7.45. The average Bonchev–Trinajstić information content (AvgIpc) is 2.82. The zero-order chi connectivity index (χ0) is 22.1. The highest BCUT2D eigenvalue weighted by Gasteiger charge is 2.21. The molecule has 1 aliphatic heterocycles. The summed E-state index contributed by atoms with van der Waals surface area (Å²) in [6.45, 7) is 4.25. The van der Waals surface area contributed by atoms with Crippen molar-refractivity contribution in [2.75, 3.05) is 58.8 Å². The van der Waals surface area contributed by atoms with Gasteiger partial charge in [-0.05, 0) is 18.2 Å². The van der Waals surface area contributed by atoms with E-state index in [1.807, 2.05) is 59.3 Å². The molecule has 0 atom stereocenters. The average molecular weight is 425 g/mol. The van der Waals surface area contributed by atoms with Crippen LogP contribution < -0.4 is 15.0 Å². The molecule has 2 heterocycles. The maximum atomic E-state index is 12.6. The van der Waals surface area contributed by atoms with Crippen molar-refractivity contribution in [3.8, 4) is 5.75 Å². The van der Waals surface area contributed by atoms with Crippen LogP contribution in [0.4, 0.5) is 5.82 Å². The smallest absolute Gasteiger partial charge is 0.224 e. The number of amides is 1. The Labute approximate surface area is 184 Å². The summed E-state index contributed by atoms with van der Waals surface area (Å²) in [6.07, 6.45) is 2.24. The summed E-state index contributed by atoms with van der Waals surface area (Å²) in [5.41, 5.74) is 1.08. The van der Waals surface area contributed by atoms with Crippen LogP contribution in [0.2, 0.25) is 0 Å². The van der Waals surface area contributed by atoms with E-state index >= 15 is 0 Å². The number of aliphatic imine (C=N–C) groups is 1. The second-order valence-electron chi connectivity index (χ2n) is 7.45. The van der Waals surface area contributed by atoms with E-state index in [4.69, 9.17) is 4.74 Å². The summed E-state index contributed by atoms with van der Waals surface area (Å²) >= 11 is 0. The first kappa shape index (κ1) is 22.4. The van der Waals surface area contributed by atoms with Crippen LogP contribution in [0.15, 0.2) is 53.7 Å². The number of hydrogen-bond donors (Lipinski definition) is 1. The predicted molar refractivity (Wildman–Crippen MR) is 123 cm³/mol. The first-order valence-electron chi connectivity index (χ1n) is 10.6. The lowest BCUT2D eigenvalue weighted by Crippen LogP contribution is -2.49. The number of anilines is 1. The molecule has 1 amide bonds. The Hall–Kier alpha value is -3.29. The Bertz CT molecular complexity index is 865. The predicted octanol–water partition coefficient (Wildman–Crippen LogP) is 1.84. The van der Waals surface area contributed by atoms with Gasteiger partial charge in [0, 0.05) is 71.5 Å². The number of guanidine groups is 1. The number of carbonyl (C=O) groups excluding carboxylic acids is 1. The molecule has 1 aromatic heterocycles. The number of carbonyl (C=O) groups is 1. The van der Waals surface area contributed by atoms with Gasteiger partial charge in [-0.1, -0.05) is 24.3 Å². The summed E-state index contributed by atoms with van der Waals surface area (Å²) in [4.78, 5) is 27.6. The molecule has 3 rings (SSSR count). The van der Waals surface area contributed by atoms with E-state index in [0.29, 0.717) is 19.5 Å². The zero-order valence-electron chi connectivity index (χ0n) is 18.6. The van der Waals surface area contributed by atoms with Gasteiger partial charge >= 0.3 is 0 Å². The molecule has 0 spiro atoms. The number of rotatable bonds is 7. The highest BCUT2D eigenvalue weighted by atomic mass is 16.5. The van der Waals surface area contributed by atoms with Gasteiger partial charge in [0.25, 0.3) is 0 Å². The van der Waals surface area contributed by atoms with Gasteiger partial charge in [0.2, 0.25) is 5.91 Å². The Morgan fingerprint density at radius 3 is 2.58 bits per heavy atom. The number of hydrogen-bond acceptors (Lipinski definition) is 5. The van der Waals surface area contributed by atoms with Crippen LogP contribution in [0, 0.1) is 0 Å². The van der Waals surface area contributed by atoms with Crippen molar-refractivity contribution in [3.63, 3.8) is 0 Å². The van der Waals surface area contributed by atoms with Crippen LogP contribution >= 0.6 is 0 Å². The van der Waals surface area contributed by atoms with Crippen LogP contribution in [0.1, 0.15) is 12.0 Å². The Kier molecular flexibility index (Phi) is 8.09. The molecule has 1 aromatic carbocycles. The van der Waals surface area contributed by atoms with E-state index in [-0.39, 0.29) is 5.91 Å². The molecule has 31 heavy (non-hydrogen) atoms. The first-order valence-corrected chi connectivity index (χ1v) is 10.6. The fourth-order valence-electron chi connectivity index (χ4n) is 3.71. The molecule has 1 aliphatic rings. The van der Waals surface area contributed by atoms with E-state index in [9.17, 15) is 4.79 Å². The Morgan fingerprint density at radius 2 is 1.90 bits per heavy atom. The summed E-state index contributed by atoms with van der Waals surface area (Å²) in [6, 6.07) is 13.9. The van der Waals surface area contributed by atoms with E-state index in [1.165, 1.54) is 0 Å². The molecule has 0 bridgehead atoms. The SMILES string of the molecule is CN=C(NCCC(=O)N1CCN(c2ccccn2)CC1)N(C)Cc1ccccc1OC. The minimum atomic E-state index is 0.163. The van der Waals surface area contributed by atoms with Gasteiger partial charge in [-0.25, -0.2) is 4.98 Å². The molecular formula is C23H32N6O2. The number of pyridine rings is 1. The van der Waals surface area contributed by atoms with Crippen LogP contribution in [0.3, 0.4) is 0 Å². The molecule has 1 fully saturated rings. The maximum Gasteiger partial charge on any atom is 0.224 e. The minimum Gasteiger partial charge on any atom is -0.496 e. The van der Waals surface area contributed by atoms with Gasteiger partial charge in [0.1, 0.15) is 11.6 Å².